The van der Waals surface area contributed by atoms with Crippen molar-refractivity contribution < 1.29 is 19.1 Å². The third-order valence-corrected chi connectivity index (χ3v) is 3.75. The fourth-order valence-electron chi connectivity index (χ4n) is 2.36. The summed E-state index contributed by atoms with van der Waals surface area (Å²) in [6.45, 7) is 0.220. The van der Waals surface area contributed by atoms with Crippen molar-refractivity contribution >= 4 is 11.7 Å². The van der Waals surface area contributed by atoms with Crippen LogP contribution in [0.3, 0.4) is 0 Å². The highest BCUT2D eigenvalue weighted by atomic mass is 16.5. The van der Waals surface area contributed by atoms with Crippen LogP contribution in [0.4, 0.5) is 0 Å². The van der Waals surface area contributed by atoms with Crippen molar-refractivity contribution in [3.8, 4) is 11.5 Å². The standard InChI is InChI=1S/C19H22N2O4/c1-24-16-10-9-14(18(12-16)25-2)13-21-19(23)17(22)8-5-7-15-6-3-4-11-20-15/h3-4,6,9-12H,5,7-8,13H2,1-2H3,(H,21,23). The van der Waals surface area contributed by atoms with Crippen molar-refractivity contribution in [1.29, 1.82) is 0 Å². The van der Waals surface area contributed by atoms with E-state index in [4.69, 9.17) is 9.47 Å². The second-order valence-electron chi connectivity index (χ2n) is 5.46. The third-order valence-electron chi connectivity index (χ3n) is 3.75. The second-order valence-corrected chi connectivity index (χ2v) is 5.46. The van der Waals surface area contributed by atoms with Crippen molar-refractivity contribution in [2.75, 3.05) is 14.2 Å². The Balaban J connectivity index is 1.80. The molecule has 0 aliphatic carbocycles. The monoisotopic (exact) mass is 342 g/mol. The zero-order valence-corrected chi connectivity index (χ0v) is 14.5. The minimum atomic E-state index is -0.584. The number of nitrogens with zero attached hydrogens (tertiary/aromatic N) is 1. The Bertz CT molecular complexity index is 717. The highest BCUT2D eigenvalue weighted by molar-refractivity contribution is 6.36. The molecule has 1 N–H and O–H groups in total. The predicted octanol–water partition coefficient (Wildman–Crippen LogP) is 2.31. The molecule has 0 atom stereocenters. The van der Waals surface area contributed by atoms with E-state index in [0.717, 1.165) is 11.3 Å². The first-order chi connectivity index (χ1) is 12.1. The molecule has 0 saturated carbocycles. The van der Waals surface area contributed by atoms with Gasteiger partial charge in [0.2, 0.25) is 5.78 Å². The van der Waals surface area contributed by atoms with Crippen molar-refractivity contribution in [2.24, 2.45) is 0 Å². The molecule has 6 nitrogen and oxygen atoms in total. The molecule has 1 aromatic carbocycles. The molecule has 25 heavy (non-hydrogen) atoms. The maximum atomic E-state index is 11.9. The van der Waals surface area contributed by atoms with E-state index in [9.17, 15) is 9.59 Å². The lowest BCUT2D eigenvalue weighted by Crippen LogP contribution is -2.30. The van der Waals surface area contributed by atoms with Crippen LogP contribution in [0.2, 0.25) is 0 Å². The number of aromatic nitrogens is 1. The number of hydrogen-bond acceptors (Lipinski definition) is 5. The maximum Gasteiger partial charge on any atom is 0.287 e. The summed E-state index contributed by atoms with van der Waals surface area (Å²) in [7, 11) is 3.11. The van der Waals surface area contributed by atoms with Gasteiger partial charge in [-0.2, -0.15) is 0 Å². The average molecular weight is 342 g/mol. The molecule has 2 aromatic rings. The zero-order valence-electron chi connectivity index (χ0n) is 14.5. The van der Waals surface area contributed by atoms with Crippen LogP contribution in [0.5, 0.6) is 11.5 Å². The van der Waals surface area contributed by atoms with Crippen LogP contribution in [0.25, 0.3) is 0 Å². The Kier molecular flexibility index (Phi) is 6.95. The first-order valence-electron chi connectivity index (χ1n) is 8.06. The summed E-state index contributed by atoms with van der Waals surface area (Å²) in [6, 6.07) is 11.0. The number of carbonyl (C=O) groups excluding carboxylic acids is 2. The van der Waals surface area contributed by atoms with Crippen LogP contribution >= 0.6 is 0 Å². The lowest BCUT2D eigenvalue weighted by molar-refractivity contribution is -0.138. The van der Waals surface area contributed by atoms with Crippen molar-refractivity contribution in [2.45, 2.75) is 25.8 Å². The van der Waals surface area contributed by atoms with Crippen molar-refractivity contribution in [3.05, 3.63) is 53.9 Å². The molecule has 0 unspecified atom stereocenters. The number of ketones is 1. The van der Waals surface area contributed by atoms with E-state index in [-0.39, 0.29) is 13.0 Å². The molecular formula is C19H22N2O4. The largest absolute Gasteiger partial charge is 0.497 e. The van der Waals surface area contributed by atoms with Crippen molar-refractivity contribution in [1.82, 2.24) is 10.3 Å². The molecule has 0 bridgehead atoms. The molecule has 0 spiro atoms. The molecule has 2 rings (SSSR count). The van der Waals surface area contributed by atoms with E-state index in [1.807, 2.05) is 18.2 Å². The number of nitrogens with one attached hydrogen (secondary N) is 1. The predicted molar refractivity (Wildman–Crippen MR) is 93.6 cm³/mol. The summed E-state index contributed by atoms with van der Waals surface area (Å²) in [5, 5.41) is 2.63. The molecule has 6 heteroatoms. The van der Waals surface area contributed by atoms with Gasteiger partial charge >= 0.3 is 0 Å². The van der Waals surface area contributed by atoms with E-state index >= 15 is 0 Å². The van der Waals surface area contributed by atoms with Crippen LogP contribution in [0.15, 0.2) is 42.6 Å². The molecule has 1 amide bonds. The first-order valence-corrected chi connectivity index (χ1v) is 8.06. The lowest BCUT2D eigenvalue weighted by atomic mass is 10.1. The van der Waals surface area contributed by atoms with Gasteiger partial charge < -0.3 is 14.8 Å². The summed E-state index contributed by atoms with van der Waals surface area (Å²) in [5.41, 5.74) is 1.69. The van der Waals surface area contributed by atoms with E-state index < -0.39 is 11.7 Å². The second kappa shape index (κ2) is 9.42. The molecular weight excluding hydrogens is 320 g/mol. The van der Waals surface area contributed by atoms with Gasteiger partial charge in [-0.25, -0.2) is 0 Å². The molecule has 132 valence electrons. The van der Waals surface area contributed by atoms with Gasteiger partial charge in [0.25, 0.3) is 5.91 Å². The van der Waals surface area contributed by atoms with Crippen LogP contribution < -0.4 is 14.8 Å². The number of amides is 1. The quantitative estimate of drug-likeness (QED) is 0.708. The van der Waals surface area contributed by atoms with E-state index in [2.05, 4.69) is 10.3 Å². The highest BCUT2D eigenvalue weighted by Crippen LogP contribution is 2.24. The number of Topliss-reactive ketones (excluding diaryl/α,β-unsaturated/α-hetero) is 1. The molecule has 0 fully saturated rings. The van der Waals surface area contributed by atoms with Gasteiger partial charge in [-0.3, -0.25) is 14.6 Å². The highest BCUT2D eigenvalue weighted by Gasteiger charge is 2.14. The minimum absolute atomic E-state index is 0.197. The summed E-state index contributed by atoms with van der Waals surface area (Å²) >= 11 is 0. The molecule has 1 heterocycles. The van der Waals surface area contributed by atoms with Gasteiger partial charge in [-0.15, -0.1) is 0 Å². The van der Waals surface area contributed by atoms with Gasteiger partial charge in [-0.1, -0.05) is 6.07 Å². The third kappa shape index (κ3) is 5.60. The summed E-state index contributed by atoms with van der Waals surface area (Å²) in [6.07, 6.45) is 3.18. The molecule has 0 saturated heterocycles. The molecule has 1 aromatic heterocycles. The van der Waals surface area contributed by atoms with Gasteiger partial charge in [-0.05, 0) is 37.1 Å². The van der Waals surface area contributed by atoms with Crippen LogP contribution in [0, 0.1) is 0 Å². The Morgan fingerprint density at radius 3 is 2.64 bits per heavy atom. The van der Waals surface area contributed by atoms with Crippen LogP contribution in [0.1, 0.15) is 24.1 Å². The van der Waals surface area contributed by atoms with E-state index in [1.165, 1.54) is 0 Å². The number of benzene rings is 1. The van der Waals surface area contributed by atoms with E-state index in [1.54, 1.807) is 38.6 Å². The van der Waals surface area contributed by atoms with Gasteiger partial charge in [0, 0.05) is 36.5 Å². The summed E-state index contributed by atoms with van der Waals surface area (Å²) in [4.78, 5) is 28.1. The van der Waals surface area contributed by atoms with Gasteiger partial charge in [0.15, 0.2) is 0 Å². The molecule has 0 radical (unpaired) electrons. The fraction of sp³-hybridized carbons (Fsp3) is 0.316. The van der Waals surface area contributed by atoms with Crippen LogP contribution in [-0.2, 0) is 22.6 Å². The topological polar surface area (TPSA) is 77.5 Å². The van der Waals surface area contributed by atoms with Gasteiger partial charge in [0.1, 0.15) is 11.5 Å². The first kappa shape index (κ1) is 18.4. The Labute approximate surface area is 147 Å². The van der Waals surface area contributed by atoms with Gasteiger partial charge in [0.05, 0.1) is 14.2 Å². The Morgan fingerprint density at radius 2 is 1.96 bits per heavy atom. The minimum Gasteiger partial charge on any atom is -0.497 e. The fourth-order valence-corrected chi connectivity index (χ4v) is 2.36. The number of methoxy groups -OCH3 is 2. The number of ether oxygens (including phenoxy) is 2. The van der Waals surface area contributed by atoms with E-state index in [0.29, 0.717) is 24.3 Å². The summed E-state index contributed by atoms with van der Waals surface area (Å²) < 4.78 is 10.4. The SMILES string of the molecule is COc1ccc(CNC(=O)C(=O)CCCc2ccccn2)c(OC)c1. The number of rotatable bonds is 9. The number of aryl methyl sites for hydroxylation is 1. The van der Waals surface area contributed by atoms with Crippen LogP contribution in [-0.4, -0.2) is 30.9 Å². The average Bonchev–Trinajstić information content (AvgIpc) is 2.66. The normalized spacial score (nSPS) is 10.2. The number of carbonyl (C=O) groups is 2. The number of hydrogen-bond donors (Lipinski definition) is 1. The smallest absolute Gasteiger partial charge is 0.287 e. The zero-order chi connectivity index (χ0) is 18.1. The Hall–Kier alpha value is -2.89. The molecule has 0 aliphatic rings. The number of pyridine rings is 1. The van der Waals surface area contributed by atoms with Crippen molar-refractivity contribution in [3.63, 3.8) is 0 Å². The lowest BCUT2D eigenvalue weighted by Gasteiger charge is -2.11. The maximum absolute atomic E-state index is 11.9. The molecule has 0 aliphatic heterocycles. The Morgan fingerprint density at radius 1 is 1.12 bits per heavy atom. The summed E-state index contributed by atoms with van der Waals surface area (Å²) in [5.74, 6) is 0.252.